The molecule has 4 aromatic heterocycles. The first-order valence-electron chi connectivity index (χ1n) is 9.61. The van der Waals surface area contributed by atoms with Gasteiger partial charge in [-0.25, -0.2) is 9.97 Å². The van der Waals surface area contributed by atoms with Gasteiger partial charge in [0.2, 0.25) is 0 Å². The average molecular weight is 447 g/mol. The van der Waals surface area contributed by atoms with Crippen molar-refractivity contribution in [2.45, 2.75) is 0 Å². The van der Waals surface area contributed by atoms with Crippen LogP contribution < -0.4 is 0 Å². The van der Waals surface area contributed by atoms with Crippen LogP contribution in [0.25, 0.3) is 46.4 Å². The van der Waals surface area contributed by atoms with Crippen molar-refractivity contribution < 1.29 is 16.5 Å². The standard InChI is InChI=1S/C20H14N4.C5H4N.Ni/c1-2-14-10-16-5-6-18(23-16)12-20-8-7-19(24-20)11-17-4-3-15(22-17)9-13(1)21-14;1-2-4-6-5-3-1;/h1-12,21-22H;2-5H;/q;-1;. The van der Waals surface area contributed by atoms with Crippen molar-refractivity contribution >= 4 is 46.4 Å². The van der Waals surface area contributed by atoms with Gasteiger partial charge in [-0.15, -0.1) is 0 Å². The Balaban J connectivity index is 0.000000288. The Morgan fingerprint density at radius 1 is 0.548 bits per heavy atom. The Labute approximate surface area is 189 Å². The van der Waals surface area contributed by atoms with Gasteiger partial charge in [0.05, 0.1) is 22.8 Å². The fourth-order valence-corrected chi connectivity index (χ4v) is 3.22. The summed E-state index contributed by atoms with van der Waals surface area (Å²) < 4.78 is 0. The van der Waals surface area contributed by atoms with Crippen LogP contribution in [0.5, 0.6) is 0 Å². The van der Waals surface area contributed by atoms with Gasteiger partial charge in [0.1, 0.15) is 0 Å². The number of hydrogen-bond acceptors (Lipinski definition) is 3. The number of H-pyrrole nitrogens is 2. The number of aromatic amines is 2. The quantitative estimate of drug-likeness (QED) is 0.238. The summed E-state index contributed by atoms with van der Waals surface area (Å²) in [6.07, 6.45) is 11.4. The molecule has 0 atom stereocenters. The molecule has 0 aliphatic carbocycles. The maximum absolute atomic E-state index is 4.62. The minimum absolute atomic E-state index is 0. The van der Waals surface area contributed by atoms with Gasteiger partial charge < -0.3 is 15.0 Å². The minimum atomic E-state index is 0. The van der Waals surface area contributed by atoms with Crippen molar-refractivity contribution in [3.63, 3.8) is 0 Å². The molecule has 6 heteroatoms. The third kappa shape index (κ3) is 5.24. The van der Waals surface area contributed by atoms with Crippen LogP contribution in [0.15, 0.2) is 73.1 Å². The van der Waals surface area contributed by atoms with Gasteiger partial charge in [0, 0.05) is 38.6 Å². The largest absolute Gasteiger partial charge is 0.391 e. The van der Waals surface area contributed by atoms with Gasteiger partial charge in [-0.2, -0.15) is 18.2 Å². The van der Waals surface area contributed by atoms with Gasteiger partial charge in [-0.05, 0) is 72.8 Å². The Kier molecular flexibility index (Phi) is 6.20. The van der Waals surface area contributed by atoms with E-state index in [1.807, 2.05) is 42.5 Å². The maximum atomic E-state index is 4.62. The van der Waals surface area contributed by atoms with E-state index < -0.39 is 0 Å². The van der Waals surface area contributed by atoms with Crippen LogP contribution in [0.4, 0.5) is 0 Å². The minimum Gasteiger partial charge on any atom is -0.391 e. The van der Waals surface area contributed by atoms with E-state index in [9.17, 15) is 0 Å². The second-order valence-electron chi connectivity index (χ2n) is 6.85. The topological polar surface area (TPSA) is 70.2 Å². The molecule has 6 rings (SSSR count). The Bertz CT molecular complexity index is 1280. The molecule has 6 heterocycles. The zero-order chi connectivity index (χ0) is 20.2. The van der Waals surface area contributed by atoms with Crippen LogP contribution in [0.2, 0.25) is 0 Å². The van der Waals surface area contributed by atoms with Gasteiger partial charge in [-0.3, -0.25) is 0 Å². The van der Waals surface area contributed by atoms with Crippen LogP contribution >= 0.6 is 0 Å². The van der Waals surface area contributed by atoms with E-state index in [1.54, 1.807) is 24.5 Å². The normalized spacial score (nSPS) is 11.4. The van der Waals surface area contributed by atoms with E-state index in [-0.39, 0.29) is 16.5 Å². The van der Waals surface area contributed by atoms with Gasteiger partial charge >= 0.3 is 0 Å². The Hall–Kier alpha value is -3.76. The summed E-state index contributed by atoms with van der Waals surface area (Å²) in [7, 11) is 0. The van der Waals surface area contributed by atoms with Crippen LogP contribution in [0.3, 0.4) is 0 Å². The molecule has 2 aliphatic heterocycles. The molecular formula is C25H18N5Ni-. The fraction of sp³-hybridized carbons (Fsp3) is 0. The molecule has 4 aromatic rings. The summed E-state index contributed by atoms with van der Waals surface area (Å²) in [5.41, 5.74) is 7.86. The van der Waals surface area contributed by atoms with E-state index in [0.717, 1.165) is 44.8 Å². The molecule has 0 spiro atoms. The molecule has 0 amide bonds. The molecule has 2 N–H and O–H groups in total. The monoisotopic (exact) mass is 446 g/mol. The zero-order valence-corrected chi connectivity index (χ0v) is 17.4. The van der Waals surface area contributed by atoms with Crippen molar-refractivity contribution in [2.75, 3.05) is 0 Å². The predicted octanol–water partition coefficient (Wildman–Crippen LogP) is 5.53. The van der Waals surface area contributed by atoms with E-state index in [4.69, 9.17) is 0 Å². The fourth-order valence-electron chi connectivity index (χ4n) is 3.22. The maximum Gasteiger partial charge on any atom is 0.0659 e. The van der Waals surface area contributed by atoms with E-state index >= 15 is 0 Å². The second-order valence-corrected chi connectivity index (χ2v) is 6.85. The number of fused-ring (bicyclic) bond motifs is 8. The molecule has 8 bridgehead atoms. The first kappa shape index (κ1) is 20.5. The summed E-state index contributed by atoms with van der Waals surface area (Å²) in [6.45, 7) is 0. The van der Waals surface area contributed by atoms with Gasteiger partial charge in [-0.1, -0.05) is 12.4 Å². The van der Waals surface area contributed by atoms with Crippen molar-refractivity contribution in [3.8, 4) is 0 Å². The Morgan fingerprint density at radius 3 is 1.35 bits per heavy atom. The van der Waals surface area contributed by atoms with Crippen molar-refractivity contribution in [2.24, 2.45) is 0 Å². The SMILES string of the molecule is C1=Cc2cc3ccc(cc4ccc(cc5nc(cc1n2)C=C5)[nH]4)[nH]3.[Ni].[c-]1ccncc1. The smallest absolute Gasteiger partial charge is 0.0659 e. The van der Waals surface area contributed by atoms with E-state index in [2.05, 4.69) is 61.3 Å². The number of rotatable bonds is 0. The number of nitrogens with zero attached hydrogens (tertiary/aromatic N) is 3. The van der Waals surface area contributed by atoms with Gasteiger partial charge in [0.25, 0.3) is 0 Å². The predicted molar refractivity (Wildman–Crippen MR) is 122 cm³/mol. The van der Waals surface area contributed by atoms with Crippen molar-refractivity contribution in [1.82, 2.24) is 24.9 Å². The third-order valence-corrected chi connectivity index (χ3v) is 4.56. The molecule has 2 aliphatic rings. The molecule has 0 radical (unpaired) electrons. The summed E-state index contributed by atoms with van der Waals surface area (Å²) in [5.74, 6) is 0. The molecule has 0 saturated carbocycles. The first-order valence-corrected chi connectivity index (χ1v) is 9.61. The average Bonchev–Trinajstić information content (AvgIpc) is 3.56. The molecular weight excluding hydrogens is 429 g/mol. The van der Waals surface area contributed by atoms with Crippen LogP contribution in [-0.4, -0.2) is 24.9 Å². The molecule has 154 valence electrons. The van der Waals surface area contributed by atoms with Crippen molar-refractivity contribution in [1.29, 1.82) is 0 Å². The number of pyridine rings is 1. The van der Waals surface area contributed by atoms with E-state index in [1.165, 1.54) is 0 Å². The van der Waals surface area contributed by atoms with E-state index in [0.29, 0.717) is 0 Å². The Morgan fingerprint density at radius 2 is 0.968 bits per heavy atom. The summed E-state index contributed by atoms with van der Waals surface area (Å²) in [4.78, 5) is 19.8. The molecule has 0 fully saturated rings. The molecule has 0 saturated heterocycles. The van der Waals surface area contributed by atoms with Crippen LogP contribution in [0, 0.1) is 6.07 Å². The molecule has 31 heavy (non-hydrogen) atoms. The van der Waals surface area contributed by atoms with Crippen LogP contribution in [0.1, 0.15) is 22.8 Å². The molecule has 5 nitrogen and oxygen atoms in total. The second kappa shape index (κ2) is 9.37. The van der Waals surface area contributed by atoms with Gasteiger partial charge in [0.15, 0.2) is 0 Å². The number of aromatic nitrogens is 5. The van der Waals surface area contributed by atoms with Crippen molar-refractivity contribution in [3.05, 3.63) is 102 Å². The van der Waals surface area contributed by atoms with Crippen LogP contribution in [-0.2, 0) is 16.5 Å². The summed E-state index contributed by atoms with van der Waals surface area (Å²) in [6, 6.07) is 22.8. The summed E-state index contributed by atoms with van der Waals surface area (Å²) >= 11 is 0. The zero-order valence-electron chi connectivity index (χ0n) is 16.4. The summed E-state index contributed by atoms with van der Waals surface area (Å²) in [5, 5.41) is 0. The number of hydrogen-bond donors (Lipinski definition) is 2. The third-order valence-electron chi connectivity index (χ3n) is 4.56. The molecule has 0 unspecified atom stereocenters. The first-order chi connectivity index (χ1) is 14.8. The molecule has 0 aromatic carbocycles. The number of nitrogens with one attached hydrogen (secondary N) is 2.